The Bertz CT molecular complexity index is 992. The van der Waals surface area contributed by atoms with E-state index in [-0.39, 0.29) is 36.5 Å². The summed E-state index contributed by atoms with van der Waals surface area (Å²) in [7, 11) is -3.70. The molecule has 0 spiro atoms. The molecule has 29 heavy (non-hydrogen) atoms. The second kappa shape index (κ2) is 8.29. The van der Waals surface area contributed by atoms with E-state index < -0.39 is 38.6 Å². The van der Waals surface area contributed by atoms with E-state index in [1.165, 1.54) is 34.9 Å². The van der Waals surface area contributed by atoms with Gasteiger partial charge >= 0.3 is 6.18 Å². The minimum absolute atomic E-state index is 0.0165. The number of carbonyl (C=O) groups excluding carboxylic acids is 1. The molecule has 2 aromatic rings. The molecule has 11 heteroatoms. The van der Waals surface area contributed by atoms with Gasteiger partial charge in [-0.05, 0) is 43.2 Å². The fourth-order valence-corrected chi connectivity index (χ4v) is 4.73. The summed E-state index contributed by atoms with van der Waals surface area (Å²) in [5.74, 6) is -0.973. The third-order valence-corrected chi connectivity index (χ3v) is 6.85. The van der Waals surface area contributed by atoms with Gasteiger partial charge in [0.15, 0.2) is 0 Å². The summed E-state index contributed by atoms with van der Waals surface area (Å²) < 4.78 is 65.3. The molecule has 0 saturated carbocycles. The molecule has 1 amide bonds. The Morgan fingerprint density at radius 1 is 1.21 bits per heavy atom. The lowest BCUT2D eigenvalue weighted by Crippen LogP contribution is -2.41. The van der Waals surface area contributed by atoms with E-state index in [0.717, 1.165) is 12.1 Å². The van der Waals surface area contributed by atoms with Crippen LogP contribution in [-0.4, -0.2) is 36.7 Å². The number of piperidine rings is 1. The summed E-state index contributed by atoms with van der Waals surface area (Å²) in [6.07, 6.45) is -1.40. The molecule has 1 N–H and O–H groups in total. The first-order chi connectivity index (χ1) is 13.6. The Hall–Kier alpha value is -2.17. The van der Waals surface area contributed by atoms with Crippen LogP contribution in [0.2, 0.25) is 5.02 Å². The van der Waals surface area contributed by atoms with Gasteiger partial charge in [-0.1, -0.05) is 11.6 Å². The summed E-state index contributed by atoms with van der Waals surface area (Å²) in [6, 6.07) is 6.11. The van der Waals surface area contributed by atoms with Crippen molar-refractivity contribution in [1.82, 2.24) is 9.29 Å². The fourth-order valence-electron chi connectivity index (χ4n) is 3.07. The average molecular weight is 448 g/mol. The molecular weight excluding hydrogens is 431 g/mol. The highest BCUT2D eigenvalue weighted by atomic mass is 35.5. The first kappa shape index (κ1) is 21.5. The SMILES string of the molecule is O=C(Nc1ccc(Cl)c(C(F)(F)F)c1)C1CCN(S(=O)(=O)c2cccnc2)CC1. The maximum Gasteiger partial charge on any atom is 0.417 e. The highest BCUT2D eigenvalue weighted by Crippen LogP contribution is 2.36. The third-order valence-electron chi connectivity index (χ3n) is 4.64. The smallest absolute Gasteiger partial charge is 0.326 e. The molecule has 0 radical (unpaired) electrons. The molecule has 6 nitrogen and oxygen atoms in total. The van der Waals surface area contributed by atoms with Crippen molar-refractivity contribution in [2.75, 3.05) is 18.4 Å². The Kier molecular flexibility index (Phi) is 6.16. The molecule has 1 aliphatic heterocycles. The summed E-state index contributed by atoms with van der Waals surface area (Å²) in [5.41, 5.74) is -1.05. The van der Waals surface area contributed by atoms with Gasteiger partial charge in [0.25, 0.3) is 0 Å². The number of hydrogen-bond acceptors (Lipinski definition) is 4. The number of sulfonamides is 1. The van der Waals surface area contributed by atoms with Crippen molar-refractivity contribution in [3.8, 4) is 0 Å². The summed E-state index contributed by atoms with van der Waals surface area (Å²) >= 11 is 5.58. The van der Waals surface area contributed by atoms with Crippen molar-refractivity contribution in [3.05, 3.63) is 53.3 Å². The Balaban J connectivity index is 1.64. The van der Waals surface area contributed by atoms with Gasteiger partial charge in [0.05, 0.1) is 10.6 Å². The van der Waals surface area contributed by atoms with E-state index in [1.807, 2.05) is 0 Å². The van der Waals surface area contributed by atoms with E-state index in [9.17, 15) is 26.4 Å². The molecule has 1 aromatic heterocycles. The second-order valence-corrected chi connectivity index (χ2v) is 8.89. The topological polar surface area (TPSA) is 79.4 Å². The highest BCUT2D eigenvalue weighted by molar-refractivity contribution is 7.89. The predicted molar refractivity (Wildman–Crippen MR) is 101 cm³/mol. The van der Waals surface area contributed by atoms with E-state index >= 15 is 0 Å². The number of halogens is 4. The van der Waals surface area contributed by atoms with E-state index in [4.69, 9.17) is 11.6 Å². The average Bonchev–Trinajstić information content (AvgIpc) is 2.69. The van der Waals surface area contributed by atoms with Crippen LogP contribution in [0.3, 0.4) is 0 Å². The van der Waals surface area contributed by atoms with Gasteiger partial charge in [-0.25, -0.2) is 8.42 Å². The van der Waals surface area contributed by atoms with Crippen LogP contribution in [0.1, 0.15) is 18.4 Å². The molecule has 0 atom stereocenters. The number of benzene rings is 1. The number of nitrogens with one attached hydrogen (secondary N) is 1. The number of pyridine rings is 1. The number of amides is 1. The number of aromatic nitrogens is 1. The highest BCUT2D eigenvalue weighted by Gasteiger charge is 2.34. The first-order valence-corrected chi connectivity index (χ1v) is 10.5. The minimum atomic E-state index is -4.64. The lowest BCUT2D eigenvalue weighted by Gasteiger charge is -2.30. The molecule has 1 fully saturated rings. The quantitative estimate of drug-likeness (QED) is 0.773. The van der Waals surface area contributed by atoms with Gasteiger partial charge in [0, 0.05) is 37.1 Å². The van der Waals surface area contributed by atoms with Crippen molar-refractivity contribution in [3.63, 3.8) is 0 Å². The number of carbonyl (C=O) groups is 1. The van der Waals surface area contributed by atoms with Crippen LogP contribution in [0.4, 0.5) is 18.9 Å². The molecule has 1 aliphatic rings. The normalized spacial score (nSPS) is 16.6. The molecule has 0 bridgehead atoms. The van der Waals surface area contributed by atoms with Crippen LogP contribution in [0.5, 0.6) is 0 Å². The Morgan fingerprint density at radius 2 is 1.90 bits per heavy atom. The molecule has 3 rings (SSSR count). The third kappa shape index (κ3) is 4.88. The molecule has 2 heterocycles. The van der Waals surface area contributed by atoms with Gasteiger partial charge in [-0.3, -0.25) is 9.78 Å². The van der Waals surface area contributed by atoms with Crippen molar-refractivity contribution in [2.45, 2.75) is 23.9 Å². The zero-order valence-corrected chi connectivity index (χ0v) is 16.6. The van der Waals surface area contributed by atoms with Crippen LogP contribution < -0.4 is 5.32 Å². The number of nitrogens with zero attached hydrogens (tertiary/aromatic N) is 2. The zero-order chi connectivity index (χ0) is 21.2. The Labute approximate surface area is 170 Å². The monoisotopic (exact) mass is 447 g/mol. The molecule has 0 aliphatic carbocycles. The number of alkyl halides is 3. The predicted octanol–water partition coefficient (Wildman–Crippen LogP) is 3.79. The van der Waals surface area contributed by atoms with Gasteiger partial charge in [-0.2, -0.15) is 17.5 Å². The number of anilines is 1. The molecule has 1 aromatic carbocycles. The van der Waals surface area contributed by atoms with Gasteiger partial charge in [0.1, 0.15) is 4.90 Å². The molecular formula is C18H17ClF3N3O3S. The summed E-state index contributed by atoms with van der Waals surface area (Å²) in [4.78, 5) is 16.3. The zero-order valence-electron chi connectivity index (χ0n) is 15.0. The van der Waals surface area contributed by atoms with Crippen LogP contribution >= 0.6 is 11.6 Å². The van der Waals surface area contributed by atoms with E-state index in [2.05, 4.69) is 10.3 Å². The molecule has 156 valence electrons. The molecule has 0 unspecified atom stereocenters. The van der Waals surface area contributed by atoms with Crippen molar-refractivity contribution in [1.29, 1.82) is 0 Å². The minimum Gasteiger partial charge on any atom is -0.326 e. The maximum atomic E-state index is 13.0. The second-order valence-electron chi connectivity index (χ2n) is 6.55. The van der Waals surface area contributed by atoms with E-state index in [1.54, 1.807) is 0 Å². The van der Waals surface area contributed by atoms with Crippen LogP contribution in [-0.2, 0) is 21.0 Å². The fraction of sp³-hybridized carbons (Fsp3) is 0.333. The van der Waals surface area contributed by atoms with Crippen LogP contribution in [0.25, 0.3) is 0 Å². The van der Waals surface area contributed by atoms with Crippen molar-refractivity contribution < 1.29 is 26.4 Å². The van der Waals surface area contributed by atoms with E-state index in [0.29, 0.717) is 0 Å². The largest absolute Gasteiger partial charge is 0.417 e. The maximum absolute atomic E-state index is 13.0. The van der Waals surface area contributed by atoms with Crippen molar-refractivity contribution >= 4 is 33.2 Å². The van der Waals surface area contributed by atoms with Gasteiger partial charge < -0.3 is 5.32 Å². The lowest BCUT2D eigenvalue weighted by molar-refractivity contribution is -0.137. The summed E-state index contributed by atoms with van der Waals surface area (Å²) in [6.45, 7) is 0.257. The number of rotatable bonds is 4. The van der Waals surface area contributed by atoms with Crippen molar-refractivity contribution in [2.24, 2.45) is 5.92 Å². The lowest BCUT2D eigenvalue weighted by atomic mass is 9.97. The van der Waals surface area contributed by atoms with Crippen LogP contribution in [0, 0.1) is 5.92 Å². The van der Waals surface area contributed by atoms with Gasteiger partial charge in [-0.15, -0.1) is 0 Å². The number of hydrogen-bond donors (Lipinski definition) is 1. The summed E-state index contributed by atoms with van der Waals surface area (Å²) in [5, 5.41) is 2.01. The molecule has 1 saturated heterocycles. The first-order valence-electron chi connectivity index (χ1n) is 8.67. The van der Waals surface area contributed by atoms with Gasteiger partial charge in [0.2, 0.25) is 15.9 Å². The standard InChI is InChI=1S/C18H17ClF3N3O3S/c19-16-4-3-13(10-15(16)18(20,21)22)24-17(26)12-5-8-25(9-6-12)29(27,28)14-2-1-7-23-11-14/h1-4,7,10-12H,5-6,8-9H2,(H,24,26). The Morgan fingerprint density at radius 3 is 2.48 bits per heavy atom. The van der Waals surface area contributed by atoms with Crippen LogP contribution in [0.15, 0.2) is 47.6 Å².